The Morgan fingerprint density at radius 1 is 1.42 bits per heavy atom. The van der Waals surface area contributed by atoms with Crippen LogP contribution in [-0.4, -0.2) is 4.98 Å². The van der Waals surface area contributed by atoms with Crippen molar-refractivity contribution in [1.82, 2.24) is 4.98 Å². The van der Waals surface area contributed by atoms with Crippen LogP contribution in [0.5, 0.6) is 0 Å². The summed E-state index contributed by atoms with van der Waals surface area (Å²) in [6.45, 7) is 0. The molecule has 0 spiro atoms. The fourth-order valence-corrected chi connectivity index (χ4v) is 2.14. The summed E-state index contributed by atoms with van der Waals surface area (Å²) in [7, 11) is 0. The maximum atomic E-state index is 5.77. The molecule has 2 rings (SSSR count). The first-order valence-corrected chi connectivity index (χ1v) is 4.65. The van der Waals surface area contributed by atoms with Gasteiger partial charge >= 0.3 is 0 Å². The van der Waals surface area contributed by atoms with E-state index in [2.05, 4.69) is 17.6 Å². The van der Waals surface area contributed by atoms with Crippen molar-refractivity contribution in [2.24, 2.45) is 0 Å². The maximum absolute atomic E-state index is 5.77. The van der Waals surface area contributed by atoms with E-state index in [4.69, 9.17) is 11.6 Å². The van der Waals surface area contributed by atoms with Gasteiger partial charge in [-0.05, 0) is 18.2 Å². The average molecular weight is 267 g/mol. The number of aromatic nitrogens is 1. The van der Waals surface area contributed by atoms with Crippen LogP contribution in [-0.2, 0) is 19.5 Å². The van der Waals surface area contributed by atoms with Crippen molar-refractivity contribution in [1.29, 1.82) is 0 Å². The van der Waals surface area contributed by atoms with E-state index in [1.54, 1.807) is 11.3 Å². The molecule has 0 aliphatic rings. The van der Waals surface area contributed by atoms with Crippen LogP contribution in [0.25, 0.3) is 10.2 Å². The molecule has 0 N–H and O–H groups in total. The van der Waals surface area contributed by atoms with E-state index in [0.717, 1.165) is 19.6 Å². The minimum absolute atomic E-state index is 0. The number of thiol groups is 1. The van der Waals surface area contributed by atoms with E-state index in [-0.39, 0.29) is 19.5 Å². The largest absolute Gasteiger partial charge is 0.230 e. The Balaban J connectivity index is 0.000000720. The number of fused-ring (bicyclic) bond motifs is 1. The van der Waals surface area contributed by atoms with Gasteiger partial charge in [-0.1, -0.05) is 11.6 Å². The topological polar surface area (TPSA) is 12.9 Å². The molecule has 0 amide bonds. The number of nitrogens with zero attached hydrogens (tertiary/aromatic N) is 1. The Morgan fingerprint density at radius 2 is 2.17 bits per heavy atom. The van der Waals surface area contributed by atoms with Gasteiger partial charge in [0.15, 0.2) is 0 Å². The van der Waals surface area contributed by atoms with Gasteiger partial charge in [-0.15, -0.1) is 24.0 Å². The summed E-state index contributed by atoms with van der Waals surface area (Å²) < 4.78 is 1.90. The zero-order valence-corrected chi connectivity index (χ0v) is 11.6. The van der Waals surface area contributed by atoms with Gasteiger partial charge in [0.25, 0.3) is 0 Å². The van der Waals surface area contributed by atoms with Gasteiger partial charge in [-0.25, -0.2) is 4.98 Å². The van der Waals surface area contributed by atoms with Gasteiger partial charge < -0.3 is 0 Å². The van der Waals surface area contributed by atoms with Crippen LogP contribution < -0.4 is 0 Å². The molecular weight excluding hydrogens is 263 g/mol. The summed E-state index contributed by atoms with van der Waals surface area (Å²) in [5.74, 6) is 0. The van der Waals surface area contributed by atoms with E-state index in [1.165, 1.54) is 0 Å². The van der Waals surface area contributed by atoms with Crippen molar-refractivity contribution in [3.8, 4) is 0 Å². The summed E-state index contributed by atoms with van der Waals surface area (Å²) in [4.78, 5) is 4.17. The van der Waals surface area contributed by atoms with E-state index in [0.29, 0.717) is 0 Å². The third-order valence-electron chi connectivity index (χ3n) is 1.34. The van der Waals surface area contributed by atoms with Crippen molar-refractivity contribution < 1.29 is 19.5 Å². The zero-order chi connectivity index (χ0) is 7.84. The molecule has 0 atom stereocenters. The Morgan fingerprint density at radius 3 is 2.92 bits per heavy atom. The van der Waals surface area contributed by atoms with Gasteiger partial charge in [-0.3, -0.25) is 0 Å². The van der Waals surface area contributed by atoms with Crippen LogP contribution in [0, 0.1) is 0 Å². The second-order valence-electron chi connectivity index (χ2n) is 2.11. The van der Waals surface area contributed by atoms with Gasteiger partial charge in [-0.2, -0.15) is 0 Å². The average Bonchev–Trinajstić information content (AvgIpc) is 2.27. The molecule has 0 aliphatic heterocycles. The number of rotatable bonds is 0. The molecule has 0 fully saturated rings. The van der Waals surface area contributed by atoms with Crippen LogP contribution >= 0.6 is 35.6 Å². The van der Waals surface area contributed by atoms with Crippen LogP contribution in [0.3, 0.4) is 0 Å². The molecule has 1 aromatic heterocycles. The Kier molecular flexibility index (Phi) is 3.53. The zero-order valence-electron chi connectivity index (χ0n) is 6.12. The van der Waals surface area contributed by atoms with E-state index >= 15 is 0 Å². The predicted octanol–water partition coefficient (Wildman–Crippen LogP) is 3.24. The first-order chi connectivity index (χ1) is 5.25. The molecule has 0 aliphatic carbocycles. The first-order valence-electron chi connectivity index (χ1n) is 3.01. The molecule has 1 aromatic carbocycles. The molecule has 58 valence electrons. The van der Waals surface area contributed by atoms with Crippen molar-refractivity contribution in [3.05, 3.63) is 23.2 Å². The molecule has 0 unspecified atom stereocenters. The Labute approximate surface area is 97.3 Å². The molecule has 5 heteroatoms. The number of benzene rings is 1. The smallest absolute Gasteiger partial charge is 0.148 e. The van der Waals surface area contributed by atoms with E-state index in [9.17, 15) is 0 Å². The van der Waals surface area contributed by atoms with Gasteiger partial charge in [0.05, 0.1) is 10.2 Å². The standard InChI is InChI=1S/C7H4ClNS2.Zn/c8-4-1-2-6-5(3-4)9-7(10)11-6;/h1-3H,(H,9,10);. The SMILES string of the molecule is Sc1nc2cc(Cl)ccc2s1.[Zn]. The molecule has 1 nitrogen and oxygen atoms in total. The fraction of sp³-hybridized carbons (Fsp3) is 0. The third kappa shape index (κ3) is 2.00. The summed E-state index contributed by atoms with van der Waals surface area (Å²) in [6, 6.07) is 5.65. The van der Waals surface area contributed by atoms with Crippen molar-refractivity contribution >= 4 is 45.8 Å². The van der Waals surface area contributed by atoms with Gasteiger partial charge in [0, 0.05) is 24.5 Å². The number of thiazole rings is 1. The van der Waals surface area contributed by atoms with Gasteiger partial charge in [0.1, 0.15) is 4.34 Å². The second-order valence-corrected chi connectivity index (χ2v) is 4.30. The third-order valence-corrected chi connectivity index (χ3v) is 2.79. The molecular formula is C7H4ClNS2Zn. The fourth-order valence-electron chi connectivity index (χ4n) is 0.888. The normalized spacial score (nSPS) is 9.83. The molecule has 0 saturated heterocycles. The van der Waals surface area contributed by atoms with E-state index in [1.807, 2.05) is 18.2 Å². The quantitative estimate of drug-likeness (QED) is 0.571. The second kappa shape index (κ2) is 4.05. The Bertz CT molecular complexity index is 401. The minimum atomic E-state index is 0. The van der Waals surface area contributed by atoms with E-state index < -0.39 is 0 Å². The number of hydrogen-bond donors (Lipinski definition) is 1. The van der Waals surface area contributed by atoms with Crippen LogP contribution in [0.2, 0.25) is 5.02 Å². The van der Waals surface area contributed by atoms with Crippen LogP contribution in [0.1, 0.15) is 0 Å². The Hall–Kier alpha value is 0.373. The maximum Gasteiger partial charge on any atom is 0.148 e. The van der Waals surface area contributed by atoms with Crippen LogP contribution in [0.15, 0.2) is 22.5 Å². The summed E-state index contributed by atoms with van der Waals surface area (Å²) >= 11 is 11.5. The number of hydrogen-bond acceptors (Lipinski definition) is 3. The van der Waals surface area contributed by atoms with Crippen molar-refractivity contribution in [3.63, 3.8) is 0 Å². The molecule has 0 radical (unpaired) electrons. The van der Waals surface area contributed by atoms with Crippen molar-refractivity contribution in [2.45, 2.75) is 4.34 Å². The monoisotopic (exact) mass is 265 g/mol. The first kappa shape index (κ1) is 10.5. The molecule has 12 heavy (non-hydrogen) atoms. The molecule has 1 heterocycles. The summed E-state index contributed by atoms with van der Waals surface area (Å²) in [6.07, 6.45) is 0. The summed E-state index contributed by atoms with van der Waals surface area (Å²) in [5.41, 5.74) is 0.924. The number of halogens is 1. The minimum Gasteiger partial charge on any atom is -0.230 e. The molecule has 2 aromatic rings. The molecule has 0 bridgehead atoms. The van der Waals surface area contributed by atoms with Crippen molar-refractivity contribution in [2.75, 3.05) is 0 Å². The van der Waals surface area contributed by atoms with Crippen LogP contribution in [0.4, 0.5) is 0 Å². The predicted molar refractivity (Wildman–Crippen MR) is 51.9 cm³/mol. The summed E-state index contributed by atoms with van der Waals surface area (Å²) in [5, 5.41) is 0.719. The van der Waals surface area contributed by atoms with Gasteiger partial charge in [0.2, 0.25) is 0 Å². The molecule has 0 saturated carbocycles.